The van der Waals surface area contributed by atoms with Crippen molar-refractivity contribution >= 4 is 11.7 Å². The Balaban J connectivity index is 1.60. The van der Waals surface area contributed by atoms with Crippen molar-refractivity contribution in [2.75, 3.05) is 11.9 Å². The number of anilines is 1. The number of amides is 1. The van der Waals surface area contributed by atoms with Crippen LogP contribution in [-0.4, -0.2) is 32.3 Å². The van der Waals surface area contributed by atoms with E-state index in [4.69, 9.17) is 4.74 Å². The highest BCUT2D eigenvalue weighted by atomic mass is 16.5. The van der Waals surface area contributed by atoms with Crippen LogP contribution in [0.1, 0.15) is 21.5 Å². The maximum atomic E-state index is 13.3. The van der Waals surface area contributed by atoms with E-state index in [1.807, 2.05) is 53.1 Å². The zero-order valence-electron chi connectivity index (χ0n) is 18.7. The number of nitrogens with zero attached hydrogens (tertiary/aromatic N) is 4. The van der Waals surface area contributed by atoms with Crippen molar-refractivity contribution in [3.05, 3.63) is 115 Å². The van der Waals surface area contributed by atoms with Gasteiger partial charge in [-0.3, -0.25) is 4.79 Å². The van der Waals surface area contributed by atoms with Gasteiger partial charge in [-0.05, 0) is 41.8 Å². The van der Waals surface area contributed by atoms with Crippen LogP contribution in [0.3, 0.4) is 0 Å². The van der Waals surface area contributed by atoms with Crippen molar-refractivity contribution in [2.45, 2.75) is 13.0 Å². The number of ether oxygens (including phenoxy) is 1. The van der Waals surface area contributed by atoms with Crippen LogP contribution in [-0.2, 0) is 13.0 Å². The summed E-state index contributed by atoms with van der Waals surface area (Å²) in [7, 11) is 0. The molecule has 7 nitrogen and oxygen atoms in total. The molecule has 170 valence electrons. The average Bonchev–Trinajstić information content (AvgIpc) is 3.32. The van der Waals surface area contributed by atoms with Crippen molar-refractivity contribution in [3.8, 4) is 17.3 Å². The molecular formula is C27H25N5O2. The predicted molar refractivity (Wildman–Crippen MR) is 133 cm³/mol. The lowest BCUT2D eigenvalue weighted by atomic mass is 10.0. The van der Waals surface area contributed by atoms with Crippen molar-refractivity contribution in [1.29, 1.82) is 0 Å². The molecule has 0 spiro atoms. The summed E-state index contributed by atoms with van der Waals surface area (Å²) in [5.41, 5.74) is 3.18. The van der Waals surface area contributed by atoms with E-state index in [2.05, 4.69) is 45.8 Å². The van der Waals surface area contributed by atoms with Gasteiger partial charge in [-0.1, -0.05) is 61.2 Å². The zero-order chi connectivity index (χ0) is 23.8. The van der Waals surface area contributed by atoms with E-state index in [9.17, 15) is 4.79 Å². The Bertz CT molecular complexity index is 1300. The molecule has 0 aliphatic heterocycles. The van der Waals surface area contributed by atoms with Gasteiger partial charge >= 0.3 is 0 Å². The van der Waals surface area contributed by atoms with E-state index in [0.29, 0.717) is 48.2 Å². The standard InChI is InChI=1S/C27H25N5O2/c1-3-15-32-19-28-31-26(32)23-11-8-12-25(29-23)30-27(33)22-18-21(13-14-24(22)34-16-4-2)17-20-9-6-5-7-10-20/h3-14,18-19H,1-2,15-17H2,(H,29,30,33). The third kappa shape index (κ3) is 5.45. The molecule has 2 aromatic carbocycles. The summed E-state index contributed by atoms with van der Waals surface area (Å²) < 4.78 is 7.57. The topological polar surface area (TPSA) is 81.9 Å². The number of rotatable bonds is 10. The Kier molecular flexibility index (Phi) is 7.25. The lowest BCUT2D eigenvalue weighted by Crippen LogP contribution is -2.15. The highest BCUT2D eigenvalue weighted by Crippen LogP contribution is 2.24. The molecule has 34 heavy (non-hydrogen) atoms. The molecule has 0 aliphatic carbocycles. The molecule has 0 radical (unpaired) electrons. The van der Waals surface area contributed by atoms with Crippen molar-refractivity contribution < 1.29 is 9.53 Å². The number of carbonyl (C=O) groups is 1. The highest BCUT2D eigenvalue weighted by Gasteiger charge is 2.16. The third-order valence-corrected chi connectivity index (χ3v) is 5.06. The molecule has 4 rings (SSSR count). The molecule has 2 aromatic heterocycles. The van der Waals surface area contributed by atoms with Crippen LogP contribution in [0.4, 0.5) is 5.82 Å². The van der Waals surface area contributed by atoms with E-state index < -0.39 is 0 Å². The first kappa shape index (κ1) is 22.7. The van der Waals surface area contributed by atoms with Crippen LogP contribution in [0.15, 0.2) is 98.4 Å². The molecule has 0 bridgehead atoms. The quantitative estimate of drug-likeness (QED) is 0.346. The minimum absolute atomic E-state index is 0.297. The molecule has 0 fully saturated rings. The molecule has 0 aliphatic rings. The summed E-state index contributed by atoms with van der Waals surface area (Å²) in [6.45, 7) is 8.29. The van der Waals surface area contributed by atoms with Crippen molar-refractivity contribution in [2.24, 2.45) is 0 Å². The number of nitrogens with one attached hydrogen (secondary N) is 1. The van der Waals surface area contributed by atoms with Gasteiger partial charge in [0.25, 0.3) is 5.91 Å². The first-order valence-corrected chi connectivity index (χ1v) is 10.9. The number of hydrogen-bond donors (Lipinski definition) is 1. The summed E-state index contributed by atoms with van der Waals surface area (Å²) >= 11 is 0. The number of aromatic nitrogens is 4. The Morgan fingerprint density at radius 3 is 2.65 bits per heavy atom. The normalized spacial score (nSPS) is 10.5. The minimum Gasteiger partial charge on any atom is -0.489 e. The van der Waals surface area contributed by atoms with Gasteiger partial charge < -0.3 is 14.6 Å². The number of pyridine rings is 1. The lowest BCUT2D eigenvalue weighted by Gasteiger charge is -2.13. The predicted octanol–water partition coefficient (Wildman–Crippen LogP) is 4.93. The summed E-state index contributed by atoms with van der Waals surface area (Å²) in [4.78, 5) is 17.8. The second kappa shape index (κ2) is 10.9. The van der Waals surface area contributed by atoms with Crippen LogP contribution in [0.25, 0.3) is 11.5 Å². The Morgan fingerprint density at radius 2 is 1.85 bits per heavy atom. The fourth-order valence-corrected chi connectivity index (χ4v) is 3.51. The van der Waals surface area contributed by atoms with E-state index in [1.165, 1.54) is 0 Å². The summed E-state index contributed by atoms with van der Waals surface area (Å²) in [6, 6.07) is 21.1. The molecule has 0 atom stereocenters. The van der Waals surface area contributed by atoms with E-state index in [0.717, 1.165) is 11.1 Å². The van der Waals surface area contributed by atoms with Gasteiger partial charge in [0, 0.05) is 6.54 Å². The van der Waals surface area contributed by atoms with Crippen molar-refractivity contribution in [3.63, 3.8) is 0 Å². The maximum absolute atomic E-state index is 13.3. The Labute approximate surface area is 198 Å². The molecule has 0 unspecified atom stereocenters. The molecule has 2 heterocycles. The second-order valence-corrected chi connectivity index (χ2v) is 7.55. The molecule has 4 aromatic rings. The maximum Gasteiger partial charge on any atom is 0.260 e. The Hall–Kier alpha value is -4.52. The van der Waals surface area contributed by atoms with Gasteiger partial charge in [0.2, 0.25) is 0 Å². The third-order valence-electron chi connectivity index (χ3n) is 5.06. The fraction of sp³-hybridized carbons (Fsp3) is 0.111. The van der Waals surface area contributed by atoms with Gasteiger partial charge in [0.1, 0.15) is 30.2 Å². The number of allylic oxidation sites excluding steroid dienone is 1. The largest absolute Gasteiger partial charge is 0.489 e. The summed E-state index contributed by atoms with van der Waals surface area (Å²) in [5, 5.41) is 11.0. The second-order valence-electron chi connectivity index (χ2n) is 7.55. The summed E-state index contributed by atoms with van der Waals surface area (Å²) in [6.07, 6.45) is 5.72. The van der Waals surface area contributed by atoms with Gasteiger partial charge in [-0.25, -0.2) is 4.98 Å². The SMILES string of the molecule is C=CCOc1ccc(Cc2ccccc2)cc1C(=O)Nc1cccc(-c2nncn2CC=C)n1. The molecular weight excluding hydrogens is 426 g/mol. The van der Waals surface area contributed by atoms with E-state index >= 15 is 0 Å². The first-order valence-electron chi connectivity index (χ1n) is 10.9. The van der Waals surface area contributed by atoms with Gasteiger partial charge in [0.05, 0.1) is 5.56 Å². The molecule has 0 saturated carbocycles. The average molecular weight is 452 g/mol. The minimum atomic E-state index is -0.314. The number of benzene rings is 2. The monoisotopic (exact) mass is 451 g/mol. The molecule has 7 heteroatoms. The van der Waals surface area contributed by atoms with Crippen LogP contribution in [0.2, 0.25) is 0 Å². The number of carbonyl (C=O) groups excluding carboxylic acids is 1. The summed E-state index contributed by atoms with van der Waals surface area (Å²) in [5.74, 6) is 1.16. The van der Waals surface area contributed by atoms with Gasteiger partial charge in [0.15, 0.2) is 5.82 Å². The fourth-order valence-electron chi connectivity index (χ4n) is 3.51. The van der Waals surface area contributed by atoms with E-state index in [-0.39, 0.29) is 5.91 Å². The molecule has 1 amide bonds. The van der Waals surface area contributed by atoms with Crippen LogP contribution >= 0.6 is 0 Å². The molecule has 0 saturated heterocycles. The smallest absolute Gasteiger partial charge is 0.260 e. The lowest BCUT2D eigenvalue weighted by molar-refractivity contribution is 0.102. The zero-order valence-corrected chi connectivity index (χ0v) is 18.7. The Morgan fingerprint density at radius 1 is 1.00 bits per heavy atom. The molecule has 1 N–H and O–H groups in total. The first-order chi connectivity index (χ1) is 16.7. The van der Waals surface area contributed by atoms with Crippen LogP contribution in [0.5, 0.6) is 5.75 Å². The van der Waals surface area contributed by atoms with Crippen LogP contribution < -0.4 is 10.1 Å². The van der Waals surface area contributed by atoms with Crippen molar-refractivity contribution in [1.82, 2.24) is 19.7 Å². The van der Waals surface area contributed by atoms with E-state index in [1.54, 1.807) is 24.5 Å². The van der Waals surface area contributed by atoms with Gasteiger partial charge in [-0.2, -0.15) is 0 Å². The van der Waals surface area contributed by atoms with Crippen LogP contribution in [0, 0.1) is 0 Å². The highest BCUT2D eigenvalue weighted by molar-refractivity contribution is 6.06. The number of hydrogen-bond acceptors (Lipinski definition) is 5. The van der Waals surface area contributed by atoms with Gasteiger partial charge in [-0.15, -0.1) is 16.8 Å².